The van der Waals surface area contributed by atoms with Crippen molar-refractivity contribution in [1.29, 1.82) is 0 Å². The Labute approximate surface area is 111 Å². The maximum Gasteiger partial charge on any atom is 0.339 e. The lowest BCUT2D eigenvalue weighted by molar-refractivity contribution is 0.0695. The molecule has 1 unspecified atom stereocenters. The van der Waals surface area contributed by atoms with Crippen molar-refractivity contribution in [2.75, 3.05) is 18.1 Å². The van der Waals surface area contributed by atoms with Crippen molar-refractivity contribution in [1.82, 2.24) is 4.90 Å². The first kappa shape index (κ1) is 14.1. The molecule has 6 nitrogen and oxygen atoms in total. The van der Waals surface area contributed by atoms with Crippen molar-refractivity contribution in [2.45, 2.75) is 26.4 Å². The van der Waals surface area contributed by atoms with Crippen LogP contribution in [0.25, 0.3) is 0 Å². The Balaban J connectivity index is 2.10. The molecule has 7 heteroatoms. The van der Waals surface area contributed by atoms with Gasteiger partial charge in [-0.25, -0.2) is 13.2 Å². The molecule has 0 spiro atoms. The largest absolute Gasteiger partial charge is 0.478 e. The van der Waals surface area contributed by atoms with E-state index in [-0.39, 0.29) is 23.1 Å². The first-order chi connectivity index (χ1) is 8.78. The SMILES string of the molecule is Cc1oc(CN2CCS(=O)(=O)CC2C)cc1C(=O)O. The molecule has 1 fully saturated rings. The molecule has 0 amide bonds. The quantitative estimate of drug-likeness (QED) is 0.889. The van der Waals surface area contributed by atoms with Crippen LogP contribution in [-0.4, -0.2) is 48.5 Å². The van der Waals surface area contributed by atoms with Crippen molar-refractivity contribution < 1.29 is 22.7 Å². The molecule has 1 N–H and O–H groups in total. The van der Waals surface area contributed by atoms with Crippen molar-refractivity contribution in [3.8, 4) is 0 Å². The summed E-state index contributed by atoms with van der Waals surface area (Å²) in [5, 5.41) is 8.95. The van der Waals surface area contributed by atoms with Crippen molar-refractivity contribution in [3.05, 3.63) is 23.2 Å². The summed E-state index contributed by atoms with van der Waals surface area (Å²) in [6.45, 7) is 4.35. The summed E-state index contributed by atoms with van der Waals surface area (Å²) in [4.78, 5) is 12.9. The van der Waals surface area contributed by atoms with Crippen molar-refractivity contribution >= 4 is 15.8 Å². The molecule has 0 aromatic carbocycles. The van der Waals surface area contributed by atoms with Crippen LogP contribution in [0.5, 0.6) is 0 Å². The molecule has 19 heavy (non-hydrogen) atoms. The van der Waals surface area contributed by atoms with Crippen LogP contribution in [-0.2, 0) is 16.4 Å². The number of carboxylic acid groups (broad SMARTS) is 1. The molecule has 0 radical (unpaired) electrons. The van der Waals surface area contributed by atoms with Gasteiger partial charge in [-0.15, -0.1) is 0 Å². The van der Waals surface area contributed by atoms with E-state index < -0.39 is 15.8 Å². The lowest BCUT2D eigenvalue weighted by Gasteiger charge is -2.32. The zero-order valence-electron chi connectivity index (χ0n) is 10.9. The monoisotopic (exact) mass is 287 g/mol. The Morgan fingerprint density at radius 3 is 2.79 bits per heavy atom. The Kier molecular flexibility index (Phi) is 3.69. The van der Waals surface area contributed by atoms with E-state index in [1.165, 1.54) is 6.07 Å². The van der Waals surface area contributed by atoms with Crippen LogP contribution in [0.4, 0.5) is 0 Å². The van der Waals surface area contributed by atoms with Gasteiger partial charge in [0.25, 0.3) is 0 Å². The molecule has 2 rings (SSSR count). The van der Waals surface area contributed by atoms with Crippen LogP contribution in [0, 0.1) is 6.92 Å². The first-order valence-electron chi connectivity index (χ1n) is 6.05. The molecule has 1 aromatic heterocycles. The van der Waals surface area contributed by atoms with E-state index in [0.29, 0.717) is 24.6 Å². The lowest BCUT2D eigenvalue weighted by Crippen LogP contribution is -2.46. The fraction of sp³-hybridized carbons (Fsp3) is 0.583. The highest BCUT2D eigenvalue weighted by Gasteiger charge is 2.29. The molecular weight excluding hydrogens is 270 g/mol. The summed E-state index contributed by atoms with van der Waals surface area (Å²) in [7, 11) is -2.94. The number of carboxylic acids is 1. The molecule has 0 bridgehead atoms. The highest BCUT2D eigenvalue weighted by Crippen LogP contribution is 2.19. The molecule has 1 atom stereocenters. The molecule has 2 heterocycles. The fourth-order valence-electron chi connectivity index (χ4n) is 2.30. The second-order valence-electron chi connectivity index (χ2n) is 4.92. The van der Waals surface area contributed by atoms with E-state index in [9.17, 15) is 13.2 Å². The third-order valence-corrected chi connectivity index (χ3v) is 5.16. The average molecular weight is 287 g/mol. The zero-order valence-corrected chi connectivity index (χ0v) is 11.7. The van der Waals surface area contributed by atoms with Crippen molar-refractivity contribution in [2.24, 2.45) is 0 Å². The summed E-state index contributed by atoms with van der Waals surface area (Å²) in [5.41, 5.74) is 0.160. The minimum atomic E-state index is -2.94. The van der Waals surface area contributed by atoms with E-state index in [2.05, 4.69) is 0 Å². The van der Waals surface area contributed by atoms with Gasteiger partial charge in [-0.05, 0) is 19.9 Å². The minimum absolute atomic E-state index is 0.0857. The van der Waals surface area contributed by atoms with E-state index in [1.54, 1.807) is 6.92 Å². The maximum atomic E-state index is 11.5. The fourth-order valence-corrected chi connectivity index (χ4v) is 3.93. The molecule has 1 saturated heterocycles. The maximum absolute atomic E-state index is 11.5. The zero-order chi connectivity index (χ0) is 14.2. The van der Waals surface area contributed by atoms with Crippen LogP contribution < -0.4 is 0 Å². The number of rotatable bonds is 3. The van der Waals surface area contributed by atoms with Crippen LogP contribution >= 0.6 is 0 Å². The Hall–Kier alpha value is -1.34. The van der Waals surface area contributed by atoms with Crippen LogP contribution in [0.2, 0.25) is 0 Å². The first-order valence-corrected chi connectivity index (χ1v) is 7.88. The Bertz CT molecular complexity index is 589. The van der Waals surface area contributed by atoms with Gasteiger partial charge in [-0.1, -0.05) is 0 Å². The highest BCUT2D eigenvalue weighted by molar-refractivity contribution is 7.91. The van der Waals surface area contributed by atoms with Gasteiger partial charge in [0, 0.05) is 12.6 Å². The number of aromatic carboxylic acids is 1. The third-order valence-electron chi connectivity index (χ3n) is 3.37. The van der Waals surface area contributed by atoms with Crippen LogP contribution in [0.15, 0.2) is 10.5 Å². The van der Waals surface area contributed by atoms with Gasteiger partial charge in [0.15, 0.2) is 9.84 Å². The summed E-state index contributed by atoms with van der Waals surface area (Å²) in [6.07, 6.45) is 0. The van der Waals surface area contributed by atoms with Crippen LogP contribution in [0.1, 0.15) is 28.8 Å². The Morgan fingerprint density at radius 2 is 2.26 bits per heavy atom. The van der Waals surface area contributed by atoms with E-state index >= 15 is 0 Å². The van der Waals surface area contributed by atoms with Crippen molar-refractivity contribution in [3.63, 3.8) is 0 Å². The van der Waals surface area contributed by atoms with Gasteiger partial charge in [0.1, 0.15) is 17.1 Å². The van der Waals surface area contributed by atoms with E-state index in [0.717, 1.165) is 0 Å². The Morgan fingerprint density at radius 1 is 1.58 bits per heavy atom. The van der Waals surface area contributed by atoms with Crippen LogP contribution in [0.3, 0.4) is 0 Å². The second kappa shape index (κ2) is 4.97. The highest BCUT2D eigenvalue weighted by atomic mass is 32.2. The molecule has 0 saturated carbocycles. The molecule has 1 aromatic rings. The smallest absolute Gasteiger partial charge is 0.339 e. The van der Waals surface area contributed by atoms with Gasteiger partial charge >= 0.3 is 5.97 Å². The van der Waals surface area contributed by atoms with Gasteiger partial charge in [0.2, 0.25) is 0 Å². The van der Waals surface area contributed by atoms with Gasteiger partial charge in [-0.2, -0.15) is 0 Å². The predicted octanol–water partition coefficient (Wildman–Crippen LogP) is 0.905. The van der Waals surface area contributed by atoms with E-state index in [1.807, 2.05) is 11.8 Å². The van der Waals surface area contributed by atoms with Gasteiger partial charge < -0.3 is 9.52 Å². The second-order valence-corrected chi connectivity index (χ2v) is 7.15. The standard InChI is InChI=1S/C12H17NO5S/c1-8-7-19(16,17)4-3-13(8)6-10-5-11(12(14)15)9(2)18-10/h5,8H,3-4,6-7H2,1-2H3,(H,14,15). The number of carbonyl (C=O) groups is 1. The average Bonchev–Trinajstić information content (AvgIpc) is 2.63. The number of furan rings is 1. The molecule has 106 valence electrons. The summed E-state index contributed by atoms with van der Waals surface area (Å²) in [6, 6.07) is 1.42. The predicted molar refractivity (Wildman–Crippen MR) is 68.9 cm³/mol. The molecule has 0 aliphatic carbocycles. The number of hydrogen-bond donors (Lipinski definition) is 1. The van der Waals surface area contributed by atoms with E-state index in [4.69, 9.17) is 9.52 Å². The molecule has 1 aliphatic rings. The summed E-state index contributed by atoms with van der Waals surface area (Å²) >= 11 is 0. The minimum Gasteiger partial charge on any atom is -0.478 e. The third kappa shape index (κ3) is 3.16. The number of aryl methyl sites for hydroxylation is 1. The normalized spacial score (nSPS) is 23.4. The lowest BCUT2D eigenvalue weighted by atomic mass is 10.2. The summed E-state index contributed by atoms with van der Waals surface area (Å²) in [5.74, 6) is 0.198. The molecular formula is C12H17NO5S. The number of sulfone groups is 1. The van der Waals surface area contributed by atoms with Gasteiger partial charge in [0.05, 0.1) is 18.1 Å². The topological polar surface area (TPSA) is 87.8 Å². The number of hydrogen-bond acceptors (Lipinski definition) is 5. The van der Waals surface area contributed by atoms with Gasteiger partial charge in [-0.3, -0.25) is 4.90 Å². The molecule has 1 aliphatic heterocycles. The summed E-state index contributed by atoms with van der Waals surface area (Å²) < 4.78 is 28.4. The number of nitrogens with zero attached hydrogens (tertiary/aromatic N) is 1.